The van der Waals surface area contributed by atoms with Crippen LogP contribution in [0.5, 0.6) is 5.75 Å². The van der Waals surface area contributed by atoms with Gasteiger partial charge in [0.2, 0.25) is 5.95 Å². The van der Waals surface area contributed by atoms with Crippen LogP contribution in [0.15, 0.2) is 54.2 Å². The molecule has 6 nitrogen and oxygen atoms in total. The first-order valence-corrected chi connectivity index (χ1v) is 13.5. The van der Waals surface area contributed by atoms with Crippen molar-refractivity contribution in [3.63, 3.8) is 0 Å². The lowest BCUT2D eigenvalue weighted by Gasteiger charge is -2.28. The molecule has 1 saturated carbocycles. The third-order valence-corrected chi connectivity index (χ3v) is 7.85. The molecule has 2 aliphatic rings. The summed E-state index contributed by atoms with van der Waals surface area (Å²) in [6, 6.07) is 14.2. The molecule has 0 bridgehead atoms. The Bertz CT molecular complexity index is 1300. The molecule has 1 aliphatic heterocycles. The van der Waals surface area contributed by atoms with Gasteiger partial charge in [0.15, 0.2) is 0 Å². The number of benzene rings is 2. The van der Waals surface area contributed by atoms with Crippen LogP contribution < -0.4 is 15.4 Å². The number of hydrogen-bond donors (Lipinski definition) is 2. The van der Waals surface area contributed by atoms with Crippen LogP contribution in [-0.4, -0.2) is 23.0 Å². The lowest BCUT2D eigenvalue weighted by Crippen LogP contribution is -2.25. The maximum Gasteiger partial charge on any atom is 0.256 e. The lowest BCUT2D eigenvalue weighted by atomic mass is 9.78. The normalized spacial score (nSPS) is 17.2. The number of carbonyl (C=O) groups is 1. The number of methoxy groups -OCH3 is 1. The molecule has 1 fully saturated rings. The highest BCUT2D eigenvalue weighted by Gasteiger charge is 2.32. The third-order valence-electron chi connectivity index (χ3n) is 7.85. The number of nitrogens with one attached hydrogen (secondary N) is 2. The minimum absolute atomic E-state index is 0.0901. The van der Waals surface area contributed by atoms with E-state index in [4.69, 9.17) is 9.72 Å². The SMILES string of the molecule is CCC(=Cc1ccc(Nc2ncc3c(n2)CC(C2CCCC2)c2ccccc2C(=O)N3)c(OC)c1)CC. The van der Waals surface area contributed by atoms with Gasteiger partial charge in [-0.15, -0.1) is 0 Å². The van der Waals surface area contributed by atoms with Gasteiger partial charge in [-0.05, 0) is 73.3 Å². The summed E-state index contributed by atoms with van der Waals surface area (Å²) in [6.45, 7) is 4.36. The predicted molar refractivity (Wildman–Crippen MR) is 150 cm³/mol. The van der Waals surface area contributed by atoms with Crippen LogP contribution in [0, 0.1) is 5.92 Å². The Morgan fingerprint density at radius 2 is 1.92 bits per heavy atom. The Balaban J connectivity index is 1.46. The van der Waals surface area contributed by atoms with E-state index in [9.17, 15) is 4.79 Å². The van der Waals surface area contributed by atoms with Crippen molar-refractivity contribution in [2.24, 2.45) is 5.92 Å². The number of amides is 1. The standard InChI is InChI=1S/C31H36N4O2/c1-4-20(5-2)16-21-14-15-26(29(17-21)37-3)34-31-32-19-28-27(35-31)18-25(22-10-6-7-11-22)23-12-8-9-13-24(23)30(36)33-28/h8-9,12-17,19,22,25H,4-7,10-11,18H2,1-3H3,(H,33,36)(H,32,34,35). The molecule has 0 saturated heterocycles. The molecule has 2 N–H and O–H groups in total. The number of rotatable bonds is 7. The Hall–Kier alpha value is -3.67. The van der Waals surface area contributed by atoms with Gasteiger partial charge >= 0.3 is 0 Å². The van der Waals surface area contributed by atoms with E-state index in [1.807, 2.05) is 30.3 Å². The number of hydrogen-bond acceptors (Lipinski definition) is 5. The minimum Gasteiger partial charge on any atom is -0.495 e. The average molecular weight is 497 g/mol. The summed E-state index contributed by atoms with van der Waals surface area (Å²) in [4.78, 5) is 22.6. The van der Waals surface area contributed by atoms with Crippen molar-refractivity contribution in [1.29, 1.82) is 0 Å². The van der Waals surface area contributed by atoms with Gasteiger partial charge in [-0.25, -0.2) is 9.97 Å². The largest absolute Gasteiger partial charge is 0.495 e. The summed E-state index contributed by atoms with van der Waals surface area (Å²) in [5, 5.41) is 6.41. The van der Waals surface area contributed by atoms with E-state index in [1.54, 1.807) is 13.3 Å². The zero-order chi connectivity index (χ0) is 25.8. The van der Waals surface area contributed by atoms with Crippen molar-refractivity contribution in [3.05, 3.63) is 76.6 Å². The highest BCUT2D eigenvalue weighted by molar-refractivity contribution is 6.06. The maximum absolute atomic E-state index is 13.2. The lowest BCUT2D eigenvalue weighted by molar-refractivity contribution is 0.102. The molecule has 2 heterocycles. The molecule has 1 aliphatic carbocycles. The highest BCUT2D eigenvalue weighted by Crippen LogP contribution is 2.42. The molecule has 0 spiro atoms. The second kappa shape index (κ2) is 11.2. The van der Waals surface area contributed by atoms with Gasteiger partial charge in [0.25, 0.3) is 5.91 Å². The number of carbonyl (C=O) groups excluding carboxylic acids is 1. The molecular weight excluding hydrogens is 460 g/mol. The molecule has 0 radical (unpaired) electrons. The number of aromatic nitrogens is 2. The van der Waals surface area contributed by atoms with E-state index in [-0.39, 0.29) is 11.8 Å². The molecule has 192 valence electrons. The number of anilines is 3. The van der Waals surface area contributed by atoms with Crippen LogP contribution in [0.2, 0.25) is 0 Å². The van der Waals surface area contributed by atoms with Crippen LogP contribution in [-0.2, 0) is 6.42 Å². The molecule has 1 aromatic heterocycles. The van der Waals surface area contributed by atoms with Crippen LogP contribution >= 0.6 is 0 Å². The first-order chi connectivity index (χ1) is 18.1. The fraction of sp³-hybridized carbons (Fsp3) is 0.387. The first-order valence-electron chi connectivity index (χ1n) is 13.5. The predicted octanol–water partition coefficient (Wildman–Crippen LogP) is 7.51. The zero-order valence-corrected chi connectivity index (χ0v) is 22.0. The summed E-state index contributed by atoms with van der Waals surface area (Å²) in [6.07, 6.45) is 11.7. The van der Waals surface area contributed by atoms with Gasteiger partial charge in [-0.1, -0.05) is 62.6 Å². The smallest absolute Gasteiger partial charge is 0.256 e. The van der Waals surface area contributed by atoms with Crippen molar-refractivity contribution in [3.8, 4) is 5.75 Å². The van der Waals surface area contributed by atoms with Crippen LogP contribution in [0.25, 0.3) is 6.08 Å². The van der Waals surface area contributed by atoms with Gasteiger partial charge < -0.3 is 15.4 Å². The summed E-state index contributed by atoms with van der Waals surface area (Å²) in [7, 11) is 1.68. The van der Waals surface area contributed by atoms with Crippen molar-refractivity contribution in [2.75, 3.05) is 17.7 Å². The average Bonchev–Trinajstić information content (AvgIpc) is 3.46. The van der Waals surface area contributed by atoms with E-state index in [2.05, 4.69) is 47.7 Å². The Kier molecular flexibility index (Phi) is 7.54. The summed E-state index contributed by atoms with van der Waals surface area (Å²) < 4.78 is 5.69. The second-order valence-corrected chi connectivity index (χ2v) is 10.0. The number of ether oxygens (including phenoxy) is 1. The molecule has 37 heavy (non-hydrogen) atoms. The van der Waals surface area contributed by atoms with Gasteiger partial charge in [-0.3, -0.25) is 4.79 Å². The van der Waals surface area contributed by atoms with Crippen molar-refractivity contribution >= 4 is 29.3 Å². The molecule has 1 amide bonds. The fourth-order valence-electron chi connectivity index (χ4n) is 5.76. The van der Waals surface area contributed by atoms with Crippen molar-refractivity contribution in [2.45, 2.75) is 64.7 Å². The fourth-order valence-corrected chi connectivity index (χ4v) is 5.76. The topological polar surface area (TPSA) is 76.1 Å². The van der Waals surface area contributed by atoms with Crippen LogP contribution in [0.3, 0.4) is 0 Å². The summed E-state index contributed by atoms with van der Waals surface area (Å²) >= 11 is 0. The highest BCUT2D eigenvalue weighted by atomic mass is 16.5. The number of fused-ring (bicyclic) bond motifs is 2. The van der Waals surface area contributed by atoms with Crippen molar-refractivity contribution in [1.82, 2.24) is 9.97 Å². The first kappa shape index (κ1) is 25.0. The molecule has 3 aromatic rings. The van der Waals surface area contributed by atoms with E-state index in [0.717, 1.165) is 53.1 Å². The van der Waals surface area contributed by atoms with Crippen LogP contribution in [0.1, 0.15) is 85.5 Å². The van der Waals surface area contributed by atoms with E-state index in [1.165, 1.54) is 31.3 Å². The molecule has 2 aromatic carbocycles. The van der Waals surface area contributed by atoms with Gasteiger partial charge in [0.05, 0.1) is 30.4 Å². The van der Waals surface area contributed by atoms with Gasteiger partial charge in [0, 0.05) is 5.56 Å². The minimum atomic E-state index is -0.0901. The quantitative estimate of drug-likeness (QED) is 0.354. The Morgan fingerprint density at radius 3 is 2.68 bits per heavy atom. The van der Waals surface area contributed by atoms with E-state index >= 15 is 0 Å². The summed E-state index contributed by atoms with van der Waals surface area (Å²) in [5.41, 5.74) is 6.77. The Labute approximate surface area is 219 Å². The maximum atomic E-state index is 13.2. The van der Waals surface area contributed by atoms with E-state index < -0.39 is 0 Å². The van der Waals surface area contributed by atoms with Gasteiger partial charge in [0.1, 0.15) is 5.75 Å². The molecule has 6 heteroatoms. The molecule has 1 unspecified atom stereocenters. The van der Waals surface area contributed by atoms with E-state index in [0.29, 0.717) is 17.6 Å². The zero-order valence-electron chi connectivity index (χ0n) is 22.0. The number of nitrogens with zero attached hydrogens (tertiary/aromatic N) is 2. The number of allylic oxidation sites excluding steroid dienone is 1. The molecular formula is C31H36N4O2. The Morgan fingerprint density at radius 1 is 1.14 bits per heavy atom. The second-order valence-electron chi connectivity index (χ2n) is 10.0. The van der Waals surface area contributed by atoms with Crippen molar-refractivity contribution < 1.29 is 9.53 Å². The molecule has 1 atom stereocenters. The third kappa shape index (κ3) is 5.38. The van der Waals surface area contributed by atoms with Crippen LogP contribution in [0.4, 0.5) is 17.3 Å². The monoisotopic (exact) mass is 496 g/mol. The molecule has 5 rings (SSSR count). The summed E-state index contributed by atoms with van der Waals surface area (Å²) in [5.74, 6) is 1.96. The van der Waals surface area contributed by atoms with Gasteiger partial charge in [-0.2, -0.15) is 0 Å².